The summed E-state index contributed by atoms with van der Waals surface area (Å²) >= 11 is 0. The second-order valence-electron chi connectivity index (χ2n) is 6.53. The number of benzene rings is 1. The number of nitrogens with zero attached hydrogens (tertiary/aromatic N) is 2. The van der Waals surface area contributed by atoms with Crippen molar-refractivity contribution in [3.63, 3.8) is 0 Å². The van der Waals surface area contributed by atoms with Crippen LogP contribution in [0, 0.1) is 0 Å². The summed E-state index contributed by atoms with van der Waals surface area (Å²) in [6.07, 6.45) is 6.97. The molecule has 3 aromatic rings. The number of ether oxygens (including phenoxy) is 1. The highest BCUT2D eigenvalue weighted by Crippen LogP contribution is 2.40. The van der Waals surface area contributed by atoms with Crippen LogP contribution in [-0.2, 0) is 18.2 Å². The molecule has 122 valence electrons. The molecule has 2 aromatic heterocycles. The van der Waals surface area contributed by atoms with Crippen LogP contribution < -0.4 is 0 Å². The van der Waals surface area contributed by atoms with Gasteiger partial charge >= 0.3 is 5.97 Å². The van der Waals surface area contributed by atoms with E-state index in [1.165, 1.54) is 30.9 Å². The van der Waals surface area contributed by atoms with Crippen LogP contribution in [0.5, 0.6) is 0 Å². The van der Waals surface area contributed by atoms with Crippen LogP contribution in [0.25, 0.3) is 10.9 Å². The molecule has 0 bridgehead atoms. The Bertz CT molecular complexity index is 923. The van der Waals surface area contributed by atoms with Crippen LogP contribution >= 0.6 is 0 Å². The first-order chi connectivity index (χ1) is 11.7. The summed E-state index contributed by atoms with van der Waals surface area (Å²) in [5, 5.41) is 1.20. The van der Waals surface area contributed by atoms with Gasteiger partial charge in [-0.1, -0.05) is 6.07 Å². The fraction of sp³-hybridized carbons (Fsp3) is 0.300. The number of pyridine rings is 1. The third kappa shape index (κ3) is 2.68. The lowest BCUT2D eigenvalue weighted by Crippen LogP contribution is -2.09. The first kappa shape index (κ1) is 14.9. The first-order valence-corrected chi connectivity index (χ1v) is 8.27. The zero-order valence-electron chi connectivity index (χ0n) is 14.0. The molecule has 0 N–H and O–H groups in total. The van der Waals surface area contributed by atoms with Crippen molar-refractivity contribution in [2.45, 2.75) is 25.2 Å². The number of aryl methyl sites for hydroxylation is 1. The summed E-state index contributed by atoms with van der Waals surface area (Å²) in [6.45, 7) is 0. The highest BCUT2D eigenvalue weighted by atomic mass is 16.5. The molecule has 0 amide bonds. The Balaban J connectivity index is 1.70. The number of methoxy groups -OCH3 is 1. The summed E-state index contributed by atoms with van der Waals surface area (Å²) in [4.78, 5) is 16.8. The van der Waals surface area contributed by atoms with Gasteiger partial charge in [-0.05, 0) is 59.5 Å². The van der Waals surface area contributed by atoms with Crippen LogP contribution in [0.4, 0.5) is 0 Å². The van der Waals surface area contributed by atoms with E-state index < -0.39 is 0 Å². The van der Waals surface area contributed by atoms with E-state index in [9.17, 15) is 4.79 Å². The highest BCUT2D eigenvalue weighted by molar-refractivity contribution is 5.91. The van der Waals surface area contributed by atoms with Gasteiger partial charge in [-0.2, -0.15) is 0 Å². The number of aromatic nitrogens is 2. The Morgan fingerprint density at radius 2 is 2.12 bits per heavy atom. The Morgan fingerprint density at radius 3 is 2.88 bits per heavy atom. The molecule has 1 aliphatic rings. The van der Waals surface area contributed by atoms with Gasteiger partial charge in [0, 0.05) is 31.4 Å². The lowest BCUT2D eigenvalue weighted by atomic mass is 10.0. The number of rotatable bonds is 4. The molecule has 0 saturated heterocycles. The lowest BCUT2D eigenvalue weighted by Gasteiger charge is -2.10. The molecule has 4 rings (SSSR count). The van der Waals surface area contributed by atoms with E-state index in [0.717, 1.165) is 16.8 Å². The molecule has 0 spiro atoms. The summed E-state index contributed by atoms with van der Waals surface area (Å²) in [5.74, 6) is 0.261. The van der Waals surface area contributed by atoms with E-state index in [2.05, 4.69) is 40.0 Å². The van der Waals surface area contributed by atoms with Crippen molar-refractivity contribution in [2.24, 2.45) is 7.05 Å². The average Bonchev–Trinajstić information content (AvgIpc) is 3.39. The third-order valence-corrected chi connectivity index (χ3v) is 4.77. The minimum absolute atomic E-state index is 0.305. The van der Waals surface area contributed by atoms with E-state index in [4.69, 9.17) is 4.74 Å². The fourth-order valence-corrected chi connectivity index (χ4v) is 3.21. The van der Waals surface area contributed by atoms with Crippen LogP contribution in [0.2, 0.25) is 0 Å². The smallest absolute Gasteiger partial charge is 0.339 e. The van der Waals surface area contributed by atoms with Crippen molar-refractivity contribution in [1.29, 1.82) is 0 Å². The largest absolute Gasteiger partial charge is 0.465 e. The molecular weight excluding hydrogens is 300 g/mol. The van der Waals surface area contributed by atoms with Crippen LogP contribution in [0.1, 0.15) is 45.9 Å². The Hall–Kier alpha value is -2.62. The highest BCUT2D eigenvalue weighted by Gasteiger charge is 2.26. The molecule has 1 saturated carbocycles. The van der Waals surface area contributed by atoms with Gasteiger partial charge in [-0.3, -0.25) is 4.98 Å². The van der Waals surface area contributed by atoms with E-state index in [1.807, 2.05) is 19.3 Å². The maximum atomic E-state index is 12.2. The predicted molar refractivity (Wildman–Crippen MR) is 93.3 cm³/mol. The van der Waals surface area contributed by atoms with Gasteiger partial charge in [0.1, 0.15) is 0 Å². The van der Waals surface area contributed by atoms with E-state index in [1.54, 1.807) is 0 Å². The van der Waals surface area contributed by atoms with E-state index in [0.29, 0.717) is 17.9 Å². The molecule has 1 aromatic carbocycles. The zero-order valence-corrected chi connectivity index (χ0v) is 14.0. The van der Waals surface area contributed by atoms with Gasteiger partial charge < -0.3 is 9.30 Å². The Labute approximate surface area is 141 Å². The van der Waals surface area contributed by atoms with Crippen molar-refractivity contribution in [3.8, 4) is 0 Å². The van der Waals surface area contributed by atoms with E-state index >= 15 is 0 Å². The van der Waals surface area contributed by atoms with Crippen molar-refractivity contribution in [1.82, 2.24) is 9.55 Å². The maximum Gasteiger partial charge on any atom is 0.339 e. The Kier molecular flexibility index (Phi) is 3.60. The summed E-state index contributed by atoms with van der Waals surface area (Å²) < 4.78 is 7.06. The normalized spacial score (nSPS) is 14.1. The van der Waals surface area contributed by atoms with Crippen LogP contribution in [0.3, 0.4) is 0 Å². The van der Waals surface area contributed by atoms with Gasteiger partial charge in [0.25, 0.3) is 0 Å². The van der Waals surface area contributed by atoms with Gasteiger partial charge in [0.15, 0.2) is 0 Å². The molecule has 24 heavy (non-hydrogen) atoms. The lowest BCUT2D eigenvalue weighted by molar-refractivity contribution is 0.0599. The number of carbonyl (C=O) groups is 1. The van der Waals surface area contributed by atoms with Crippen molar-refractivity contribution >= 4 is 16.9 Å². The second kappa shape index (κ2) is 5.78. The molecule has 4 nitrogen and oxygen atoms in total. The molecule has 0 radical (unpaired) electrons. The number of hydrogen-bond acceptors (Lipinski definition) is 3. The summed E-state index contributed by atoms with van der Waals surface area (Å²) in [6, 6.07) is 10.4. The minimum atomic E-state index is -0.305. The molecule has 0 unspecified atom stereocenters. The maximum absolute atomic E-state index is 12.2. The van der Waals surface area contributed by atoms with E-state index in [-0.39, 0.29) is 5.97 Å². The van der Waals surface area contributed by atoms with Gasteiger partial charge in [-0.15, -0.1) is 0 Å². The molecule has 0 aliphatic heterocycles. The molecule has 0 atom stereocenters. The van der Waals surface area contributed by atoms with Crippen molar-refractivity contribution in [2.75, 3.05) is 7.11 Å². The SMILES string of the molecule is COC(=O)c1cc(C2CC2)cnc1Cc1ccc2c(ccn2C)c1. The molecule has 1 aliphatic carbocycles. The summed E-state index contributed by atoms with van der Waals surface area (Å²) in [7, 11) is 3.46. The second-order valence-corrected chi connectivity index (χ2v) is 6.53. The van der Waals surface area contributed by atoms with Crippen LogP contribution in [-0.4, -0.2) is 22.6 Å². The number of hydrogen-bond donors (Lipinski definition) is 0. The standard InChI is InChI=1S/C20H20N2O2/c1-22-8-7-15-9-13(3-6-19(15)22)10-18-17(20(23)24-2)11-16(12-21-18)14-4-5-14/h3,6-9,11-12,14H,4-5,10H2,1-2H3. The number of carbonyl (C=O) groups excluding carboxylic acids is 1. The van der Waals surface area contributed by atoms with Gasteiger partial charge in [0.2, 0.25) is 0 Å². The van der Waals surface area contributed by atoms with Gasteiger partial charge in [-0.25, -0.2) is 4.79 Å². The minimum Gasteiger partial charge on any atom is -0.465 e. The Morgan fingerprint density at radius 1 is 1.29 bits per heavy atom. The van der Waals surface area contributed by atoms with Crippen molar-refractivity contribution < 1.29 is 9.53 Å². The summed E-state index contributed by atoms with van der Waals surface area (Å²) in [5.41, 5.74) is 4.86. The molecule has 2 heterocycles. The number of fused-ring (bicyclic) bond motifs is 1. The van der Waals surface area contributed by atoms with Crippen LogP contribution in [0.15, 0.2) is 42.7 Å². The first-order valence-electron chi connectivity index (χ1n) is 8.27. The zero-order chi connectivity index (χ0) is 16.7. The fourth-order valence-electron chi connectivity index (χ4n) is 3.21. The quantitative estimate of drug-likeness (QED) is 0.686. The number of esters is 1. The average molecular weight is 320 g/mol. The van der Waals surface area contributed by atoms with Gasteiger partial charge in [0.05, 0.1) is 18.4 Å². The van der Waals surface area contributed by atoms with Crippen molar-refractivity contribution in [3.05, 3.63) is 65.1 Å². The topological polar surface area (TPSA) is 44.1 Å². The monoisotopic (exact) mass is 320 g/mol. The predicted octanol–water partition coefficient (Wildman–Crippen LogP) is 3.83. The third-order valence-electron chi connectivity index (χ3n) is 4.77. The molecule has 4 heteroatoms. The molecule has 1 fully saturated rings. The molecular formula is C20H20N2O2.